The minimum absolute atomic E-state index is 0.00783. The fraction of sp³-hybridized carbons (Fsp3) is 0.360. The van der Waals surface area contributed by atoms with Crippen molar-refractivity contribution in [3.8, 4) is 0 Å². The molecule has 0 bridgehead atoms. The SMILES string of the molecule is Cc1ccc([C@@H]2c3cccn3CCN2C(=O)CN(C(=O)c2ccco2)C(C)(C)C)cc1. The van der Waals surface area contributed by atoms with Crippen molar-refractivity contribution in [1.29, 1.82) is 0 Å². The van der Waals surface area contributed by atoms with E-state index in [4.69, 9.17) is 4.42 Å². The van der Waals surface area contributed by atoms with Crippen LogP contribution >= 0.6 is 0 Å². The van der Waals surface area contributed by atoms with E-state index in [0.717, 1.165) is 17.8 Å². The van der Waals surface area contributed by atoms with Gasteiger partial charge in [0.15, 0.2) is 5.76 Å². The minimum atomic E-state index is -0.533. The van der Waals surface area contributed by atoms with Crippen LogP contribution in [0.15, 0.2) is 65.4 Å². The maximum atomic E-state index is 13.6. The molecule has 0 saturated heterocycles. The van der Waals surface area contributed by atoms with E-state index < -0.39 is 5.54 Å². The molecule has 3 heterocycles. The Morgan fingerprint density at radius 1 is 1.06 bits per heavy atom. The maximum Gasteiger partial charge on any atom is 0.290 e. The number of aryl methyl sites for hydroxylation is 1. The second-order valence-corrected chi connectivity index (χ2v) is 9.07. The van der Waals surface area contributed by atoms with Gasteiger partial charge in [-0.15, -0.1) is 0 Å². The summed E-state index contributed by atoms with van der Waals surface area (Å²) in [4.78, 5) is 30.2. The summed E-state index contributed by atoms with van der Waals surface area (Å²) in [5, 5.41) is 0. The number of carbonyl (C=O) groups is 2. The van der Waals surface area contributed by atoms with Gasteiger partial charge in [-0.2, -0.15) is 0 Å². The van der Waals surface area contributed by atoms with Gasteiger partial charge in [0.25, 0.3) is 5.91 Å². The second kappa shape index (κ2) is 8.10. The van der Waals surface area contributed by atoms with E-state index in [1.54, 1.807) is 17.0 Å². The highest BCUT2D eigenvalue weighted by molar-refractivity contribution is 5.95. The molecule has 0 saturated carbocycles. The molecule has 6 heteroatoms. The molecular weight excluding hydrogens is 390 g/mol. The number of furan rings is 1. The van der Waals surface area contributed by atoms with Crippen LogP contribution in [0.1, 0.15) is 54.2 Å². The van der Waals surface area contributed by atoms with Crippen LogP contribution in [-0.2, 0) is 11.3 Å². The van der Waals surface area contributed by atoms with E-state index >= 15 is 0 Å². The molecule has 6 nitrogen and oxygen atoms in total. The van der Waals surface area contributed by atoms with E-state index in [2.05, 4.69) is 48.0 Å². The third kappa shape index (κ3) is 4.15. The number of aromatic nitrogens is 1. The molecule has 0 radical (unpaired) electrons. The number of amides is 2. The summed E-state index contributed by atoms with van der Waals surface area (Å²) in [6, 6.07) is 15.5. The molecule has 0 aliphatic carbocycles. The average Bonchev–Trinajstić information content (AvgIpc) is 3.42. The van der Waals surface area contributed by atoms with Crippen LogP contribution in [0.5, 0.6) is 0 Å². The fourth-order valence-corrected chi connectivity index (χ4v) is 4.12. The van der Waals surface area contributed by atoms with Gasteiger partial charge in [0.1, 0.15) is 6.54 Å². The highest BCUT2D eigenvalue weighted by Gasteiger charge is 2.36. The van der Waals surface area contributed by atoms with Gasteiger partial charge >= 0.3 is 0 Å². The lowest BCUT2D eigenvalue weighted by Gasteiger charge is -2.40. The van der Waals surface area contributed by atoms with E-state index in [-0.39, 0.29) is 30.2 Å². The third-order valence-electron chi connectivity index (χ3n) is 5.83. The van der Waals surface area contributed by atoms with Crippen LogP contribution < -0.4 is 0 Å². The predicted octanol–water partition coefficient (Wildman–Crippen LogP) is 4.26. The van der Waals surface area contributed by atoms with Crippen molar-refractivity contribution in [3.05, 3.63) is 83.6 Å². The molecule has 4 rings (SSSR count). The number of hydrogen-bond donors (Lipinski definition) is 0. The van der Waals surface area contributed by atoms with E-state index in [9.17, 15) is 9.59 Å². The van der Waals surface area contributed by atoms with Crippen LogP contribution in [-0.4, -0.2) is 44.8 Å². The van der Waals surface area contributed by atoms with Crippen LogP contribution in [0, 0.1) is 6.92 Å². The summed E-state index contributed by atoms with van der Waals surface area (Å²) in [7, 11) is 0. The molecule has 1 atom stereocenters. The van der Waals surface area contributed by atoms with Crippen LogP contribution in [0.3, 0.4) is 0 Å². The van der Waals surface area contributed by atoms with Gasteiger partial charge in [0, 0.05) is 30.5 Å². The predicted molar refractivity (Wildman–Crippen MR) is 119 cm³/mol. The summed E-state index contributed by atoms with van der Waals surface area (Å²) in [5.74, 6) is -0.115. The molecule has 3 aromatic rings. The zero-order valence-corrected chi connectivity index (χ0v) is 18.5. The molecule has 0 N–H and O–H groups in total. The molecule has 0 unspecified atom stereocenters. The third-order valence-corrected chi connectivity index (χ3v) is 5.83. The highest BCUT2D eigenvalue weighted by atomic mass is 16.3. The molecule has 31 heavy (non-hydrogen) atoms. The fourth-order valence-electron chi connectivity index (χ4n) is 4.12. The second-order valence-electron chi connectivity index (χ2n) is 9.07. The Kier molecular flexibility index (Phi) is 5.48. The lowest BCUT2D eigenvalue weighted by atomic mass is 9.98. The quantitative estimate of drug-likeness (QED) is 0.635. The summed E-state index contributed by atoms with van der Waals surface area (Å²) in [5.41, 5.74) is 2.80. The van der Waals surface area contributed by atoms with Crippen molar-refractivity contribution in [2.75, 3.05) is 13.1 Å². The number of rotatable bonds is 4. The van der Waals surface area contributed by atoms with Crippen molar-refractivity contribution in [3.63, 3.8) is 0 Å². The monoisotopic (exact) mass is 419 g/mol. The Bertz CT molecular complexity index is 1060. The van der Waals surface area contributed by atoms with Crippen LogP contribution in [0.25, 0.3) is 0 Å². The zero-order valence-electron chi connectivity index (χ0n) is 18.5. The standard InChI is InChI=1S/C25H29N3O3/c1-18-9-11-19(12-10-18)23-20-7-5-13-26(20)14-15-27(23)22(29)17-28(25(2,3)4)24(30)21-8-6-16-31-21/h5-13,16,23H,14-15,17H2,1-4H3/t23-/m1/s1. The van der Waals surface area contributed by atoms with Gasteiger partial charge in [0.05, 0.1) is 12.3 Å². The van der Waals surface area contributed by atoms with Crippen molar-refractivity contribution >= 4 is 11.8 Å². The lowest BCUT2D eigenvalue weighted by Crippen LogP contribution is -2.53. The summed E-state index contributed by atoms with van der Waals surface area (Å²) in [6.45, 7) is 9.16. The van der Waals surface area contributed by atoms with Gasteiger partial charge in [0.2, 0.25) is 5.91 Å². The van der Waals surface area contributed by atoms with Crippen LogP contribution in [0.4, 0.5) is 0 Å². The largest absolute Gasteiger partial charge is 0.459 e. The van der Waals surface area contributed by atoms with Gasteiger partial charge in [-0.1, -0.05) is 29.8 Å². The number of nitrogens with zero attached hydrogens (tertiary/aromatic N) is 3. The Morgan fingerprint density at radius 2 is 1.81 bits per heavy atom. The molecule has 1 aliphatic rings. The molecular formula is C25H29N3O3. The number of benzene rings is 1. The van der Waals surface area contributed by atoms with Crippen LogP contribution in [0.2, 0.25) is 0 Å². The van der Waals surface area contributed by atoms with E-state index in [0.29, 0.717) is 6.54 Å². The average molecular weight is 420 g/mol. The number of carbonyl (C=O) groups excluding carboxylic acids is 2. The summed E-state index contributed by atoms with van der Waals surface area (Å²) < 4.78 is 7.51. The van der Waals surface area contributed by atoms with Crippen molar-refractivity contribution in [1.82, 2.24) is 14.4 Å². The summed E-state index contributed by atoms with van der Waals surface area (Å²) >= 11 is 0. The Morgan fingerprint density at radius 3 is 2.45 bits per heavy atom. The van der Waals surface area contributed by atoms with Gasteiger partial charge in [-0.3, -0.25) is 9.59 Å². The lowest BCUT2D eigenvalue weighted by molar-refractivity contribution is -0.135. The zero-order chi connectivity index (χ0) is 22.2. The van der Waals surface area contributed by atoms with E-state index in [1.165, 1.54) is 11.8 Å². The van der Waals surface area contributed by atoms with Crippen molar-refractivity contribution in [2.24, 2.45) is 0 Å². The molecule has 162 valence electrons. The highest BCUT2D eigenvalue weighted by Crippen LogP contribution is 2.33. The molecule has 0 spiro atoms. The molecule has 0 fully saturated rings. The van der Waals surface area contributed by atoms with Gasteiger partial charge in [-0.25, -0.2) is 0 Å². The molecule has 1 aliphatic heterocycles. The van der Waals surface area contributed by atoms with Gasteiger partial charge in [-0.05, 0) is 57.5 Å². The number of fused-ring (bicyclic) bond motifs is 1. The Hall–Kier alpha value is -3.28. The van der Waals surface area contributed by atoms with Crippen molar-refractivity contribution < 1.29 is 14.0 Å². The molecule has 2 amide bonds. The number of hydrogen-bond acceptors (Lipinski definition) is 3. The van der Waals surface area contributed by atoms with E-state index in [1.807, 2.05) is 31.7 Å². The molecule has 2 aromatic heterocycles. The normalized spacial score (nSPS) is 16.1. The first kappa shape index (κ1) is 21.0. The molecule has 1 aromatic carbocycles. The van der Waals surface area contributed by atoms with Gasteiger partial charge < -0.3 is 18.8 Å². The Labute approximate surface area is 183 Å². The topological polar surface area (TPSA) is 58.7 Å². The smallest absolute Gasteiger partial charge is 0.290 e. The summed E-state index contributed by atoms with van der Waals surface area (Å²) in [6.07, 6.45) is 3.53. The van der Waals surface area contributed by atoms with Crippen molar-refractivity contribution in [2.45, 2.75) is 45.8 Å². The first-order chi connectivity index (χ1) is 14.8. The first-order valence-corrected chi connectivity index (χ1v) is 10.6. The first-order valence-electron chi connectivity index (χ1n) is 10.6. The minimum Gasteiger partial charge on any atom is -0.459 e. The Balaban J connectivity index is 1.65. The maximum absolute atomic E-state index is 13.6.